The van der Waals surface area contributed by atoms with Crippen LogP contribution in [-0.2, 0) is 33.4 Å². The fraction of sp³-hybridized carbons (Fsp3) is 0.500. The molecule has 2 saturated heterocycles. The quantitative estimate of drug-likeness (QED) is 0.224. The highest BCUT2D eigenvalue weighted by molar-refractivity contribution is 6.35. The normalized spacial score (nSPS) is 26.0. The van der Waals surface area contributed by atoms with Crippen LogP contribution in [0.2, 0.25) is 5.02 Å². The van der Waals surface area contributed by atoms with Gasteiger partial charge >= 0.3 is 0 Å². The molecule has 1 atom stereocenters. The second kappa shape index (κ2) is 13.2. The topological polar surface area (TPSA) is 114 Å². The number of aromatic nitrogens is 2. The highest BCUT2D eigenvalue weighted by atomic mass is 35.5. The number of amides is 3. The average Bonchev–Trinajstić information content (AvgIpc) is 3.83. The van der Waals surface area contributed by atoms with Crippen LogP contribution in [0, 0.1) is 5.92 Å². The third-order valence-corrected chi connectivity index (χ3v) is 15.5. The summed E-state index contributed by atoms with van der Waals surface area (Å²) in [6.07, 6.45) is 14.2. The number of halogens is 1. The fourth-order valence-corrected chi connectivity index (χ4v) is 12.4. The molecule has 294 valence electrons. The van der Waals surface area contributed by atoms with Crippen LogP contribution in [0.4, 0.5) is 0 Å². The molecular weight excluding hydrogens is 738 g/mol. The van der Waals surface area contributed by atoms with Crippen LogP contribution in [0.25, 0.3) is 16.6 Å². The van der Waals surface area contributed by atoms with E-state index in [4.69, 9.17) is 21.3 Å². The molecule has 57 heavy (non-hydrogen) atoms. The minimum atomic E-state index is -0.626. The summed E-state index contributed by atoms with van der Waals surface area (Å²) in [6.45, 7) is 3.07. The summed E-state index contributed by atoms with van der Waals surface area (Å²) in [7, 11) is 0. The van der Waals surface area contributed by atoms with Crippen molar-refractivity contribution in [3.8, 4) is 11.4 Å². The highest BCUT2D eigenvalue weighted by Crippen LogP contribution is 2.53. The van der Waals surface area contributed by atoms with Gasteiger partial charge < -0.3 is 14.5 Å². The van der Waals surface area contributed by atoms with Crippen LogP contribution in [0.5, 0.6) is 5.75 Å². The van der Waals surface area contributed by atoms with Crippen LogP contribution >= 0.6 is 11.6 Å². The summed E-state index contributed by atoms with van der Waals surface area (Å²) in [5, 5.41) is 3.37. The lowest BCUT2D eigenvalue weighted by Crippen LogP contribution is -2.52. The first kappa shape index (κ1) is 35.6. The maximum Gasteiger partial charge on any atom is 0.282 e. The molecule has 3 aromatic carbocycles. The number of hydrogen-bond donors (Lipinski definition) is 1. The third kappa shape index (κ3) is 5.42. The minimum Gasteiger partial charge on any atom is -0.492 e. The largest absolute Gasteiger partial charge is 0.492 e. The van der Waals surface area contributed by atoms with Crippen molar-refractivity contribution in [2.75, 3.05) is 19.7 Å². The molecule has 2 saturated carbocycles. The molecule has 1 N–H and O–H groups in total. The van der Waals surface area contributed by atoms with Gasteiger partial charge in [-0.2, -0.15) is 4.98 Å². The number of fused-ring (bicyclic) bond motifs is 11. The van der Waals surface area contributed by atoms with Gasteiger partial charge in [-0.1, -0.05) is 55.1 Å². The molecule has 2 aliphatic carbocycles. The Morgan fingerprint density at radius 3 is 2.47 bits per heavy atom. The standard InChI is InChI=1S/C46H48ClN5O5/c47-34-5-4-6-36-39(34)42(55)49-44-46(17-2-1-3-18-46)33-24-28(9-14-35(33)52(36)44)23-27-7-10-29(11-8-27)50-21-19-45(20-22-50)26-57-40-31-25-51(37-15-16-38(53)48-41(37)54)43(56)30(31)12-13-32(40)45/h4-6,9,12-14,24,27,29,37H,1-3,7-8,10-11,15-23,25-26H2,(H,48,53,54)/t27?,29?,37-/m0/s1. The Kier molecular flexibility index (Phi) is 8.27. The van der Waals surface area contributed by atoms with Crippen molar-refractivity contribution in [2.24, 2.45) is 5.92 Å². The summed E-state index contributed by atoms with van der Waals surface area (Å²) in [6, 6.07) is 16.8. The molecule has 4 aromatic rings. The SMILES string of the molecule is O=C1CC[C@H](N2Cc3c(ccc4c3OCC43CCN(C4CCC(Cc5ccc6c(c5)C5(CCCCC5)c5nc(=O)c7c(Cl)cccc7n5-6)CC4)CC3)C2=O)C(=O)N1. The van der Waals surface area contributed by atoms with Gasteiger partial charge in [0, 0.05) is 34.6 Å². The van der Waals surface area contributed by atoms with Crippen molar-refractivity contribution in [3.05, 3.63) is 97.5 Å². The Labute approximate surface area is 336 Å². The molecule has 11 heteroatoms. The number of nitrogens with one attached hydrogen (secondary N) is 1. The van der Waals surface area contributed by atoms with Crippen LogP contribution in [-0.4, -0.2) is 68.9 Å². The molecule has 11 rings (SSSR count). The van der Waals surface area contributed by atoms with Gasteiger partial charge in [-0.15, -0.1) is 0 Å². The van der Waals surface area contributed by atoms with E-state index >= 15 is 0 Å². The summed E-state index contributed by atoms with van der Waals surface area (Å²) in [5.74, 6) is 1.59. The van der Waals surface area contributed by atoms with Crippen LogP contribution in [0.15, 0.2) is 53.3 Å². The molecule has 0 radical (unpaired) electrons. The Bertz CT molecular complexity index is 2440. The van der Waals surface area contributed by atoms with Gasteiger partial charge in [0.1, 0.15) is 17.6 Å². The molecule has 0 unspecified atom stereocenters. The zero-order valence-electron chi connectivity index (χ0n) is 32.3. The summed E-state index contributed by atoms with van der Waals surface area (Å²) < 4.78 is 8.69. The first-order valence-corrected chi connectivity index (χ1v) is 21.6. The lowest BCUT2D eigenvalue weighted by atomic mass is 9.69. The van der Waals surface area contributed by atoms with Crippen LogP contribution in [0.3, 0.4) is 0 Å². The Hall–Kier alpha value is -4.54. The van der Waals surface area contributed by atoms with Crippen molar-refractivity contribution < 1.29 is 19.1 Å². The zero-order chi connectivity index (χ0) is 38.6. The van der Waals surface area contributed by atoms with Gasteiger partial charge in [-0.25, -0.2) is 0 Å². The Morgan fingerprint density at radius 1 is 0.877 bits per heavy atom. The maximum atomic E-state index is 13.4. The van der Waals surface area contributed by atoms with Crippen molar-refractivity contribution in [1.29, 1.82) is 0 Å². The highest BCUT2D eigenvalue weighted by Gasteiger charge is 2.49. The van der Waals surface area contributed by atoms with E-state index in [0.717, 1.165) is 86.4 Å². The van der Waals surface area contributed by atoms with E-state index in [9.17, 15) is 19.2 Å². The van der Waals surface area contributed by atoms with Gasteiger partial charge in [0.15, 0.2) is 0 Å². The van der Waals surface area contributed by atoms with Gasteiger partial charge in [0.2, 0.25) is 11.8 Å². The van der Waals surface area contributed by atoms with E-state index in [2.05, 4.69) is 39.0 Å². The van der Waals surface area contributed by atoms with E-state index in [-0.39, 0.29) is 40.5 Å². The van der Waals surface area contributed by atoms with E-state index in [1.165, 1.54) is 48.8 Å². The molecular formula is C46H48ClN5O5. The second-order valence-electron chi connectivity index (χ2n) is 18.1. The lowest BCUT2D eigenvalue weighted by Gasteiger charge is -2.44. The van der Waals surface area contributed by atoms with E-state index in [1.807, 2.05) is 18.2 Å². The number of carbonyl (C=O) groups is 3. The second-order valence-corrected chi connectivity index (χ2v) is 18.5. The zero-order valence-corrected chi connectivity index (χ0v) is 33.0. The van der Waals surface area contributed by atoms with Crippen molar-refractivity contribution >= 4 is 40.2 Å². The van der Waals surface area contributed by atoms with Crippen molar-refractivity contribution in [3.63, 3.8) is 0 Å². The van der Waals surface area contributed by atoms with Gasteiger partial charge in [-0.3, -0.25) is 29.1 Å². The number of ether oxygens (including phenoxy) is 1. The first-order chi connectivity index (χ1) is 27.7. The number of piperidine rings is 2. The molecule has 5 aliphatic heterocycles. The molecule has 6 heterocycles. The first-order valence-electron chi connectivity index (χ1n) is 21.3. The molecule has 1 aromatic heterocycles. The van der Waals surface area contributed by atoms with Gasteiger partial charge in [-0.05, 0) is 119 Å². The third-order valence-electron chi connectivity index (χ3n) is 15.2. The minimum absolute atomic E-state index is 0.0479. The predicted octanol–water partition coefficient (Wildman–Crippen LogP) is 6.89. The molecule has 2 spiro atoms. The van der Waals surface area contributed by atoms with Crippen molar-refractivity contribution in [2.45, 2.75) is 119 Å². The molecule has 3 amide bonds. The van der Waals surface area contributed by atoms with Crippen LogP contribution in [0.1, 0.15) is 122 Å². The van der Waals surface area contributed by atoms with E-state index in [1.54, 1.807) is 11.0 Å². The maximum absolute atomic E-state index is 13.4. The predicted molar refractivity (Wildman–Crippen MR) is 216 cm³/mol. The monoisotopic (exact) mass is 785 g/mol. The number of nitrogens with zero attached hydrogens (tertiary/aromatic N) is 4. The lowest BCUT2D eigenvalue weighted by molar-refractivity contribution is -0.136. The number of benzene rings is 3. The average molecular weight is 786 g/mol. The molecule has 10 nitrogen and oxygen atoms in total. The number of imide groups is 1. The summed E-state index contributed by atoms with van der Waals surface area (Å²) in [5.41, 5.74) is 7.00. The van der Waals surface area contributed by atoms with Crippen molar-refractivity contribution in [1.82, 2.24) is 24.7 Å². The van der Waals surface area contributed by atoms with E-state index < -0.39 is 6.04 Å². The number of hydrogen-bond acceptors (Lipinski definition) is 7. The number of likely N-dealkylation sites (tertiary alicyclic amines) is 1. The van der Waals surface area contributed by atoms with Gasteiger partial charge in [0.05, 0.1) is 40.2 Å². The van der Waals surface area contributed by atoms with Crippen LogP contribution < -0.4 is 15.6 Å². The molecule has 0 bridgehead atoms. The Morgan fingerprint density at radius 2 is 1.68 bits per heavy atom. The summed E-state index contributed by atoms with van der Waals surface area (Å²) >= 11 is 6.57. The van der Waals surface area contributed by atoms with Gasteiger partial charge in [0.25, 0.3) is 11.5 Å². The summed E-state index contributed by atoms with van der Waals surface area (Å²) in [4.78, 5) is 60.3. The number of rotatable bonds is 4. The number of carbonyl (C=O) groups excluding carboxylic acids is 3. The van der Waals surface area contributed by atoms with E-state index in [0.29, 0.717) is 47.5 Å². The smallest absolute Gasteiger partial charge is 0.282 e. The molecule has 4 fully saturated rings. The molecule has 7 aliphatic rings. The Balaban J connectivity index is 0.756. The fourth-order valence-electron chi connectivity index (χ4n) is 12.1.